The van der Waals surface area contributed by atoms with Crippen LogP contribution in [0.15, 0.2) is 66.7 Å². The maximum Gasteiger partial charge on any atom is 0.124 e. The van der Waals surface area contributed by atoms with Gasteiger partial charge in [-0.3, -0.25) is 0 Å². The van der Waals surface area contributed by atoms with Crippen LogP contribution in [0.2, 0.25) is 0 Å². The minimum absolute atomic E-state index is 0.234. The largest absolute Gasteiger partial charge is 0.489 e. The number of aryl methyl sites for hydroxylation is 2. The van der Waals surface area contributed by atoms with E-state index in [4.69, 9.17) is 4.74 Å². The Labute approximate surface area is 148 Å². The summed E-state index contributed by atoms with van der Waals surface area (Å²) in [5, 5.41) is 3.45. The van der Waals surface area contributed by atoms with E-state index in [2.05, 4.69) is 37.4 Å². The van der Waals surface area contributed by atoms with Gasteiger partial charge in [-0.1, -0.05) is 36.4 Å². The molecule has 0 atom stereocenters. The zero-order valence-corrected chi connectivity index (χ0v) is 14.6. The minimum atomic E-state index is -0.234. The van der Waals surface area contributed by atoms with Crippen LogP contribution in [-0.2, 0) is 13.2 Å². The lowest BCUT2D eigenvalue weighted by Crippen LogP contribution is -2.04. The van der Waals surface area contributed by atoms with Crippen molar-refractivity contribution in [3.8, 4) is 5.75 Å². The van der Waals surface area contributed by atoms with Gasteiger partial charge in [0.25, 0.3) is 0 Å². The van der Waals surface area contributed by atoms with Crippen LogP contribution >= 0.6 is 0 Å². The van der Waals surface area contributed by atoms with Gasteiger partial charge in [0.2, 0.25) is 0 Å². The molecule has 0 saturated heterocycles. The van der Waals surface area contributed by atoms with Gasteiger partial charge in [0.05, 0.1) is 0 Å². The Morgan fingerprint density at radius 3 is 2.40 bits per heavy atom. The monoisotopic (exact) mass is 335 g/mol. The average Bonchev–Trinajstić information content (AvgIpc) is 2.63. The van der Waals surface area contributed by atoms with Crippen LogP contribution in [0.25, 0.3) is 0 Å². The van der Waals surface area contributed by atoms with Gasteiger partial charge in [-0.25, -0.2) is 4.39 Å². The van der Waals surface area contributed by atoms with Crippen LogP contribution in [0.3, 0.4) is 0 Å². The SMILES string of the molecule is Cc1ccc(NCc2ccccc2OCc2ccc(F)cc2)cc1C. The lowest BCUT2D eigenvalue weighted by atomic mass is 10.1. The Hall–Kier alpha value is -2.81. The number of ether oxygens (including phenoxy) is 1. The highest BCUT2D eigenvalue weighted by Gasteiger charge is 2.04. The fourth-order valence-corrected chi connectivity index (χ4v) is 2.58. The van der Waals surface area contributed by atoms with Crippen LogP contribution in [0.4, 0.5) is 10.1 Å². The van der Waals surface area contributed by atoms with Gasteiger partial charge in [-0.2, -0.15) is 0 Å². The van der Waals surface area contributed by atoms with E-state index in [9.17, 15) is 4.39 Å². The van der Waals surface area contributed by atoms with Gasteiger partial charge in [0, 0.05) is 17.8 Å². The van der Waals surface area contributed by atoms with Crippen LogP contribution in [-0.4, -0.2) is 0 Å². The highest BCUT2D eigenvalue weighted by molar-refractivity contribution is 5.49. The number of rotatable bonds is 6. The van der Waals surface area contributed by atoms with E-state index < -0.39 is 0 Å². The molecule has 0 aliphatic rings. The number of halogens is 1. The molecule has 128 valence electrons. The fraction of sp³-hybridized carbons (Fsp3) is 0.182. The summed E-state index contributed by atoms with van der Waals surface area (Å²) < 4.78 is 18.9. The molecule has 2 nitrogen and oxygen atoms in total. The summed E-state index contributed by atoms with van der Waals surface area (Å²) in [6.45, 7) is 5.32. The molecule has 0 spiro atoms. The van der Waals surface area contributed by atoms with Crippen molar-refractivity contribution in [1.82, 2.24) is 0 Å². The van der Waals surface area contributed by atoms with Crippen molar-refractivity contribution in [2.24, 2.45) is 0 Å². The lowest BCUT2D eigenvalue weighted by Gasteiger charge is -2.13. The second-order valence-electron chi connectivity index (χ2n) is 6.18. The van der Waals surface area contributed by atoms with E-state index in [1.165, 1.54) is 23.3 Å². The molecular formula is C22H22FNO. The minimum Gasteiger partial charge on any atom is -0.489 e. The first-order chi connectivity index (χ1) is 12.1. The van der Waals surface area contributed by atoms with Crippen molar-refractivity contribution in [2.45, 2.75) is 27.0 Å². The van der Waals surface area contributed by atoms with Crippen molar-refractivity contribution in [2.75, 3.05) is 5.32 Å². The molecule has 0 fully saturated rings. The predicted molar refractivity (Wildman–Crippen MR) is 100 cm³/mol. The molecule has 0 aliphatic heterocycles. The van der Waals surface area contributed by atoms with E-state index in [1.807, 2.05) is 24.3 Å². The second kappa shape index (κ2) is 7.84. The Kier molecular flexibility index (Phi) is 5.34. The van der Waals surface area contributed by atoms with Gasteiger partial charge in [-0.15, -0.1) is 0 Å². The molecule has 3 aromatic carbocycles. The average molecular weight is 335 g/mol. The molecule has 0 unspecified atom stereocenters. The third-order valence-corrected chi connectivity index (χ3v) is 4.27. The molecule has 3 heteroatoms. The molecule has 3 aromatic rings. The summed E-state index contributed by atoms with van der Waals surface area (Å²) in [7, 11) is 0. The molecule has 0 aliphatic carbocycles. The molecule has 0 saturated carbocycles. The van der Waals surface area contributed by atoms with Crippen molar-refractivity contribution in [3.05, 3.63) is 94.8 Å². The van der Waals surface area contributed by atoms with Crippen LogP contribution < -0.4 is 10.1 Å². The predicted octanol–water partition coefficient (Wildman–Crippen LogP) is 5.63. The Morgan fingerprint density at radius 2 is 1.64 bits per heavy atom. The number of anilines is 1. The van der Waals surface area contributed by atoms with Crippen LogP contribution in [0.1, 0.15) is 22.3 Å². The molecule has 1 N–H and O–H groups in total. The van der Waals surface area contributed by atoms with Crippen LogP contribution in [0, 0.1) is 19.7 Å². The quantitative estimate of drug-likeness (QED) is 0.630. The first-order valence-corrected chi connectivity index (χ1v) is 8.38. The van der Waals surface area contributed by atoms with Crippen LogP contribution in [0.5, 0.6) is 5.75 Å². The normalized spacial score (nSPS) is 10.5. The van der Waals surface area contributed by atoms with Crippen molar-refractivity contribution in [1.29, 1.82) is 0 Å². The summed E-state index contributed by atoms with van der Waals surface area (Å²) in [6, 6.07) is 20.7. The summed E-state index contributed by atoms with van der Waals surface area (Å²) in [4.78, 5) is 0. The number of hydrogen-bond acceptors (Lipinski definition) is 2. The fourth-order valence-electron chi connectivity index (χ4n) is 2.58. The highest BCUT2D eigenvalue weighted by Crippen LogP contribution is 2.22. The molecule has 0 amide bonds. The molecule has 0 bridgehead atoms. The van der Waals surface area contributed by atoms with E-state index in [1.54, 1.807) is 12.1 Å². The molecule has 3 rings (SSSR count). The van der Waals surface area contributed by atoms with E-state index >= 15 is 0 Å². The smallest absolute Gasteiger partial charge is 0.124 e. The van der Waals surface area contributed by atoms with Crippen molar-refractivity contribution >= 4 is 5.69 Å². The Bertz CT molecular complexity index is 843. The topological polar surface area (TPSA) is 21.3 Å². The van der Waals surface area contributed by atoms with E-state index in [-0.39, 0.29) is 5.82 Å². The number of hydrogen-bond donors (Lipinski definition) is 1. The number of para-hydroxylation sites is 1. The summed E-state index contributed by atoms with van der Waals surface area (Å²) >= 11 is 0. The van der Waals surface area contributed by atoms with Gasteiger partial charge in [0.1, 0.15) is 18.2 Å². The van der Waals surface area contributed by atoms with Gasteiger partial charge in [-0.05, 0) is 60.9 Å². The third-order valence-electron chi connectivity index (χ3n) is 4.27. The number of nitrogens with one attached hydrogen (secondary N) is 1. The Morgan fingerprint density at radius 1 is 0.880 bits per heavy atom. The van der Waals surface area contributed by atoms with Gasteiger partial charge < -0.3 is 10.1 Å². The maximum absolute atomic E-state index is 13.0. The second-order valence-corrected chi connectivity index (χ2v) is 6.18. The summed E-state index contributed by atoms with van der Waals surface area (Å²) in [5.74, 6) is 0.602. The summed E-state index contributed by atoms with van der Waals surface area (Å²) in [6.07, 6.45) is 0. The maximum atomic E-state index is 13.0. The Balaban J connectivity index is 1.65. The lowest BCUT2D eigenvalue weighted by molar-refractivity contribution is 0.303. The third kappa shape index (κ3) is 4.60. The number of benzene rings is 3. The highest BCUT2D eigenvalue weighted by atomic mass is 19.1. The van der Waals surface area contributed by atoms with E-state index in [0.29, 0.717) is 13.2 Å². The molecule has 0 radical (unpaired) electrons. The van der Waals surface area contributed by atoms with Gasteiger partial charge in [0.15, 0.2) is 0 Å². The van der Waals surface area contributed by atoms with E-state index in [0.717, 1.165) is 22.6 Å². The standard InChI is InChI=1S/C22H22FNO/c1-16-7-12-21(13-17(16)2)24-14-19-5-3-4-6-22(19)25-15-18-8-10-20(23)11-9-18/h3-13,24H,14-15H2,1-2H3. The van der Waals surface area contributed by atoms with Gasteiger partial charge >= 0.3 is 0 Å². The zero-order chi connectivity index (χ0) is 17.6. The first-order valence-electron chi connectivity index (χ1n) is 8.38. The molecular weight excluding hydrogens is 313 g/mol. The van der Waals surface area contributed by atoms with Crippen molar-refractivity contribution in [3.63, 3.8) is 0 Å². The zero-order valence-electron chi connectivity index (χ0n) is 14.6. The first kappa shape index (κ1) is 17.0. The summed E-state index contributed by atoms with van der Waals surface area (Å²) in [5.41, 5.74) is 5.68. The molecule has 0 aromatic heterocycles. The van der Waals surface area contributed by atoms with Crippen molar-refractivity contribution < 1.29 is 9.13 Å². The molecule has 0 heterocycles. The molecule has 25 heavy (non-hydrogen) atoms.